The van der Waals surface area contributed by atoms with Crippen molar-refractivity contribution >= 4 is 11.6 Å². The van der Waals surface area contributed by atoms with Crippen molar-refractivity contribution < 1.29 is 9.47 Å². The van der Waals surface area contributed by atoms with Crippen LogP contribution in [0.25, 0.3) is 22.6 Å². The van der Waals surface area contributed by atoms with Crippen molar-refractivity contribution in [1.29, 1.82) is 5.26 Å². The summed E-state index contributed by atoms with van der Waals surface area (Å²) in [5.41, 5.74) is 4.23. The van der Waals surface area contributed by atoms with Gasteiger partial charge >= 0.3 is 0 Å². The van der Waals surface area contributed by atoms with Gasteiger partial charge in [-0.25, -0.2) is 4.98 Å². The Hall–Kier alpha value is -3.75. The van der Waals surface area contributed by atoms with Crippen LogP contribution in [0.1, 0.15) is 11.1 Å². The van der Waals surface area contributed by atoms with Gasteiger partial charge in [0.1, 0.15) is 23.9 Å². The second-order valence-electron chi connectivity index (χ2n) is 6.62. The molecule has 0 saturated carbocycles. The zero-order chi connectivity index (χ0) is 20.9. The molecule has 5 nitrogen and oxygen atoms in total. The zero-order valence-electron chi connectivity index (χ0n) is 16.2. The Morgan fingerprint density at radius 2 is 1.90 bits per heavy atom. The molecule has 0 aliphatic rings. The minimum Gasteiger partial charge on any atom is -0.496 e. The lowest BCUT2D eigenvalue weighted by Crippen LogP contribution is -1.97. The number of nitrogens with one attached hydrogen (secondary N) is 1. The third-order valence-electron chi connectivity index (χ3n) is 4.63. The molecule has 0 aliphatic carbocycles. The molecule has 0 saturated heterocycles. The quantitative estimate of drug-likeness (QED) is 0.428. The molecule has 1 aromatic heterocycles. The predicted octanol–water partition coefficient (Wildman–Crippen LogP) is 5.86. The fraction of sp³-hybridized carbons (Fsp3) is 0.0833. The smallest absolute Gasteiger partial charge is 0.137 e. The van der Waals surface area contributed by atoms with Crippen LogP contribution in [0.5, 0.6) is 11.5 Å². The normalized spacial score (nSPS) is 10.4. The Labute approximate surface area is 179 Å². The number of benzene rings is 3. The number of rotatable bonds is 6. The Balaban J connectivity index is 1.53. The van der Waals surface area contributed by atoms with Gasteiger partial charge in [-0.05, 0) is 42.0 Å². The summed E-state index contributed by atoms with van der Waals surface area (Å²) in [4.78, 5) is 7.79. The van der Waals surface area contributed by atoms with E-state index >= 15 is 0 Å². The third-order valence-corrected chi connectivity index (χ3v) is 4.86. The Kier molecular flexibility index (Phi) is 5.69. The van der Waals surface area contributed by atoms with Gasteiger partial charge in [0.15, 0.2) is 0 Å². The second-order valence-corrected chi connectivity index (χ2v) is 7.05. The molecule has 4 rings (SSSR count). The molecule has 0 bridgehead atoms. The number of nitriles is 1. The van der Waals surface area contributed by atoms with E-state index in [1.54, 1.807) is 25.4 Å². The molecule has 0 radical (unpaired) electrons. The highest BCUT2D eigenvalue weighted by Gasteiger charge is 2.12. The van der Waals surface area contributed by atoms with Crippen LogP contribution >= 0.6 is 11.6 Å². The van der Waals surface area contributed by atoms with E-state index in [1.807, 2.05) is 54.6 Å². The van der Waals surface area contributed by atoms with E-state index in [0.717, 1.165) is 28.2 Å². The van der Waals surface area contributed by atoms with E-state index in [1.165, 1.54) is 0 Å². The van der Waals surface area contributed by atoms with Crippen molar-refractivity contribution in [3.63, 3.8) is 0 Å². The fourth-order valence-corrected chi connectivity index (χ4v) is 3.26. The van der Waals surface area contributed by atoms with Crippen LogP contribution < -0.4 is 9.47 Å². The summed E-state index contributed by atoms with van der Waals surface area (Å²) in [6.07, 6.45) is 1.77. The van der Waals surface area contributed by atoms with Crippen molar-refractivity contribution in [2.45, 2.75) is 6.61 Å². The van der Waals surface area contributed by atoms with Gasteiger partial charge in [-0.1, -0.05) is 35.9 Å². The molecular formula is C24H18ClN3O2. The highest BCUT2D eigenvalue weighted by molar-refractivity contribution is 6.30. The molecule has 0 atom stereocenters. The van der Waals surface area contributed by atoms with Crippen LogP contribution in [0.15, 0.2) is 72.9 Å². The molecule has 30 heavy (non-hydrogen) atoms. The molecule has 0 amide bonds. The Bertz CT molecular complexity index is 1210. The van der Waals surface area contributed by atoms with Crippen molar-refractivity contribution in [2.24, 2.45) is 0 Å². The van der Waals surface area contributed by atoms with Crippen molar-refractivity contribution in [3.05, 3.63) is 89.1 Å². The number of aromatic amines is 1. The minimum absolute atomic E-state index is 0.400. The standard InChI is InChI=1S/C24H18ClN3O2/c1-29-23-12-20(30-15-17-7-5-16(13-26)6-8-17)9-10-21(23)22-14-27-24(28-22)18-3-2-4-19(25)11-18/h2-12,14H,15H2,1H3,(H,27,28). The van der Waals surface area contributed by atoms with Crippen LogP contribution in [-0.2, 0) is 6.61 Å². The van der Waals surface area contributed by atoms with E-state index in [-0.39, 0.29) is 0 Å². The molecule has 1 heterocycles. The van der Waals surface area contributed by atoms with Crippen LogP contribution in [-0.4, -0.2) is 17.1 Å². The molecule has 0 unspecified atom stereocenters. The maximum absolute atomic E-state index is 8.88. The molecule has 4 aromatic rings. The first-order chi connectivity index (χ1) is 14.7. The molecule has 148 valence electrons. The summed E-state index contributed by atoms with van der Waals surface area (Å²) in [5, 5.41) is 9.54. The summed E-state index contributed by atoms with van der Waals surface area (Å²) in [6.45, 7) is 0.400. The first kappa shape index (κ1) is 19.6. The number of halogens is 1. The lowest BCUT2D eigenvalue weighted by Gasteiger charge is -2.11. The summed E-state index contributed by atoms with van der Waals surface area (Å²) in [5.74, 6) is 2.10. The number of methoxy groups -OCH3 is 1. The molecule has 3 aromatic carbocycles. The number of nitrogens with zero attached hydrogens (tertiary/aromatic N) is 2. The van der Waals surface area contributed by atoms with Crippen molar-refractivity contribution in [2.75, 3.05) is 7.11 Å². The van der Waals surface area contributed by atoms with Gasteiger partial charge in [0.2, 0.25) is 0 Å². The highest BCUT2D eigenvalue weighted by Crippen LogP contribution is 2.34. The molecule has 0 aliphatic heterocycles. The van der Waals surface area contributed by atoms with Crippen molar-refractivity contribution in [1.82, 2.24) is 9.97 Å². The van der Waals surface area contributed by atoms with Gasteiger partial charge < -0.3 is 14.5 Å². The Morgan fingerprint density at radius 1 is 1.07 bits per heavy atom. The van der Waals surface area contributed by atoms with E-state index in [0.29, 0.717) is 28.7 Å². The average molecular weight is 416 g/mol. The Morgan fingerprint density at radius 3 is 2.63 bits per heavy atom. The lowest BCUT2D eigenvalue weighted by molar-refractivity contribution is 0.304. The van der Waals surface area contributed by atoms with Crippen LogP contribution in [0.2, 0.25) is 5.02 Å². The first-order valence-corrected chi connectivity index (χ1v) is 9.65. The second kappa shape index (κ2) is 8.73. The van der Waals surface area contributed by atoms with Crippen LogP contribution in [0.4, 0.5) is 0 Å². The molecule has 1 N–H and O–H groups in total. The largest absolute Gasteiger partial charge is 0.496 e. The zero-order valence-corrected chi connectivity index (χ0v) is 17.0. The van der Waals surface area contributed by atoms with Gasteiger partial charge in [-0.3, -0.25) is 0 Å². The number of H-pyrrole nitrogens is 1. The number of ether oxygens (including phenoxy) is 2. The minimum atomic E-state index is 0.400. The fourth-order valence-electron chi connectivity index (χ4n) is 3.07. The number of hydrogen-bond acceptors (Lipinski definition) is 4. The van der Waals surface area contributed by atoms with Gasteiger partial charge in [0.05, 0.1) is 30.6 Å². The van der Waals surface area contributed by atoms with E-state index < -0.39 is 0 Å². The molecule has 0 fully saturated rings. The van der Waals surface area contributed by atoms with E-state index in [2.05, 4.69) is 16.0 Å². The van der Waals surface area contributed by atoms with Crippen LogP contribution in [0.3, 0.4) is 0 Å². The SMILES string of the molecule is COc1cc(OCc2ccc(C#N)cc2)ccc1-c1cnc(-c2cccc(Cl)c2)[nH]1. The van der Waals surface area contributed by atoms with Crippen LogP contribution in [0, 0.1) is 11.3 Å². The molecular weight excluding hydrogens is 398 g/mol. The van der Waals surface area contributed by atoms with Gasteiger partial charge in [-0.15, -0.1) is 0 Å². The maximum Gasteiger partial charge on any atom is 0.137 e. The maximum atomic E-state index is 8.88. The first-order valence-electron chi connectivity index (χ1n) is 9.27. The van der Waals surface area contributed by atoms with Crippen molar-refractivity contribution in [3.8, 4) is 40.2 Å². The van der Waals surface area contributed by atoms with Gasteiger partial charge in [-0.2, -0.15) is 5.26 Å². The summed E-state index contributed by atoms with van der Waals surface area (Å²) >= 11 is 6.08. The summed E-state index contributed by atoms with van der Waals surface area (Å²) < 4.78 is 11.5. The molecule has 6 heteroatoms. The van der Waals surface area contributed by atoms with Gasteiger partial charge in [0, 0.05) is 22.2 Å². The van der Waals surface area contributed by atoms with E-state index in [4.69, 9.17) is 26.3 Å². The third kappa shape index (κ3) is 4.29. The van der Waals surface area contributed by atoms with Gasteiger partial charge in [0.25, 0.3) is 0 Å². The topological polar surface area (TPSA) is 70.9 Å². The number of imidazole rings is 1. The number of aromatic nitrogens is 2. The monoisotopic (exact) mass is 415 g/mol. The summed E-state index contributed by atoms with van der Waals surface area (Å²) in [6, 6.07) is 22.6. The highest BCUT2D eigenvalue weighted by atomic mass is 35.5. The number of hydrogen-bond donors (Lipinski definition) is 1. The summed E-state index contributed by atoms with van der Waals surface area (Å²) in [7, 11) is 1.62. The van der Waals surface area contributed by atoms with E-state index in [9.17, 15) is 0 Å². The predicted molar refractivity (Wildman–Crippen MR) is 117 cm³/mol. The molecule has 0 spiro atoms. The lowest BCUT2D eigenvalue weighted by atomic mass is 10.1. The average Bonchev–Trinajstić information content (AvgIpc) is 3.28.